The zero-order chi connectivity index (χ0) is 10.4. The van der Waals surface area contributed by atoms with Gasteiger partial charge in [0, 0.05) is 0 Å². The molecule has 0 saturated carbocycles. The third-order valence-corrected chi connectivity index (χ3v) is 0.771. The van der Waals surface area contributed by atoms with Crippen LogP contribution in [0.15, 0.2) is 0 Å². The Bertz CT molecular complexity index is 184. The van der Waals surface area contributed by atoms with Crippen molar-refractivity contribution in [3.8, 4) is 0 Å². The third-order valence-electron chi connectivity index (χ3n) is 0.771. The van der Waals surface area contributed by atoms with Gasteiger partial charge in [-0.2, -0.15) is 0 Å². The van der Waals surface area contributed by atoms with Gasteiger partial charge in [-0.3, -0.25) is 0 Å². The summed E-state index contributed by atoms with van der Waals surface area (Å²) in [4.78, 5) is 0. The SMILES string of the molecule is C[N+](C)(C)CCO.O=[Se](=O)([O-])O. The van der Waals surface area contributed by atoms with Gasteiger partial charge in [0.1, 0.15) is 6.54 Å². The van der Waals surface area contributed by atoms with Gasteiger partial charge in [0.05, 0.1) is 27.7 Å². The summed E-state index contributed by atoms with van der Waals surface area (Å²) >= 11 is -5.50. The first kappa shape index (κ1) is 14.5. The molecule has 0 amide bonds. The molecule has 0 saturated heterocycles. The van der Waals surface area contributed by atoms with Crippen LogP contribution < -0.4 is 4.19 Å². The van der Waals surface area contributed by atoms with E-state index in [1.165, 1.54) is 0 Å². The molecule has 0 radical (unpaired) electrons. The average Bonchev–Trinajstić information content (AvgIpc) is 1.54. The Morgan fingerprint density at radius 3 is 1.58 bits per heavy atom. The normalized spacial score (nSPS) is 11.8. The molecule has 0 heterocycles. The molecule has 0 aromatic heterocycles. The molecule has 0 aromatic rings. The van der Waals surface area contributed by atoms with E-state index in [9.17, 15) is 0 Å². The Morgan fingerprint density at radius 1 is 1.33 bits per heavy atom. The van der Waals surface area contributed by atoms with Crippen LogP contribution >= 0.6 is 0 Å². The van der Waals surface area contributed by atoms with Crippen LogP contribution in [0.3, 0.4) is 0 Å². The molecule has 2 N–H and O–H groups in total. The van der Waals surface area contributed by atoms with Gasteiger partial charge in [0.2, 0.25) is 0 Å². The second kappa shape index (κ2) is 5.58. The third kappa shape index (κ3) is 51.0. The van der Waals surface area contributed by atoms with Crippen molar-refractivity contribution in [1.29, 1.82) is 0 Å². The van der Waals surface area contributed by atoms with Gasteiger partial charge in [-0.15, -0.1) is 0 Å². The van der Waals surface area contributed by atoms with E-state index in [0.29, 0.717) is 0 Å². The van der Waals surface area contributed by atoms with E-state index in [0.717, 1.165) is 11.0 Å². The van der Waals surface area contributed by atoms with Gasteiger partial charge >= 0.3 is 29.4 Å². The Labute approximate surface area is 73.9 Å². The summed E-state index contributed by atoms with van der Waals surface area (Å²) in [5.41, 5.74) is 0. The summed E-state index contributed by atoms with van der Waals surface area (Å²) in [6, 6.07) is 0. The molecule has 0 aromatic carbocycles. The molecule has 0 fully saturated rings. The number of rotatable bonds is 2. The number of aliphatic hydroxyl groups is 1. The number of aliphatic hydroxyl groups excluding tert-OH is 1. The maximum atomic E-state index is 8.70. The van der Waals surface area contributed by atoms with Crippen LogP contribution in [0.5, 0.6) is 0 Å². The van der Waals surface area contributed by atoms with E-state index in [-0.39, 0.29) is 6.61 Å². The molecular formula is C5H15NO5Se. The summed E-state index contributed by atoms with van der Waals surface area (Å²) < 4.78 is 34.0. The zero-order valence-corrected chi connectivity index (χ0v) is 9.10. The van der Waals surface area contributed by atoms with E-state index in [1.807, 2.05) is 0 Å². The number of hydrogen-bond acceptors (Lipinski definition) is 4. The van der Waals surface area contributed by atoms with E-state index in [1.54, 1.807) is 0 Å². The first-order valence-corrected chi connectivity index (χ1v) is 6.02. The molecule has 76 valence electrons. The van der Waals surface area contributed by atoms with Gasteiger partial charge in [-0.05, 0) is 0 Å². The van der Waals surface area contributed by atoms with E-state index in [4.69, 9.17) is 21.2 Å². The van der Waals surface area contributed by atoms with Crippen LogP contribution in [0.25, 0.3) is 0 Å². The fraction of sp³-hybridized carbons (Fsp3) is 1.00. The maximum absolute atomic E-state index is 8.70. The van der Waals surface area contributed by atoms with Crippen LogP contribution in [0.4, 0.5) is 0 Å². The summed E-state index contributed by atoms with van der Waals surface area (Å²) in [7, 11) is 6.16. The second-order valence-electron chi connectivity index (χ2n) is 3.17. The topological polar surface area (TPSA) is 97.7 Å². The Morgan fingerprint density at radius 2 is 1.58 bits per heavy atom. The van der Waals surface area contributed by atoms with Crippen molar-refractivity contribution >= 4 is 13.4 Å². The van der Waals surface area contributed by atoms with Crippen LogP contribution in [0, 0.1) is 0 Å². The number of likely N-dealkylation sites (N-methyl/N-ethyl adjacent to an activating group) is 1. The molecule has 0 aliphatic carbocycles. The molecule has 0 atom stereocenters. The Hall–Kier alpha value is -0.0405. The predicted molar refractivity (Wildman–Crippen MR) is 39.3 cm³/mol. The number of nitrogens with zero attached hydrogens (tertiary/aromatic N) is 1. The Balaban J connectivity index is 0. The average molecular weight is 248 g/mol. The quantitative estimate of drug-likeness (QED) is 0.410. The van der Waals surface area contributed by atoms with Crippen molar-refractivity contribution in [2.75, 3.05) is 34.3 Å². The van der Waals surface area contributed by atoms with Crippen molar-refractivity contribution in [1.82, 2.24) is 0 Å². The monoisotopic (exact) mass is 249 g/mol. The van der Waals surface area contributed by atoms with E-state index in [2.05, 4.69) is 21.1 Å². The van der Waals surface area contributed by atoms with Crippen molar-refractivity contribution in [2.24, 2.45) is 0 Å². The zero-order valence-electron chi connectivity index (χ0n) is 7.39. The number of quaternary nitrogens is 1. The molecule has 0 spiro atoms. The molecule has 0 rings (SSSR count). The number of hydrogen-bond donors (Lipinski definition) is 2. The van der Waals surface area contributed by atoms with Gasteiger partial charge in [0.15, 0.2) is 0 Å². The van der Waals surface area contributed by atoms with Gasteiger partial charge in [-0.25, -0.2) is 0 Å². The second-order valence-corrected chi connectivity index (χ2v) is 4.96. The predicted octanol–water partition coefficient (Wildman–Crippen LogP) is -2.68. The molecule has 0 bridgehead atoms. The molecule has 6 nitrogen and oxygen atoms in total. The van der Waals surface area contributed by atoms with Crippen molar-refractivity contribution in [2.45, 2.75) is 0 Å². The molecular weight excluding hydrogens is 233 g/mol. The van der Waals surface area contributed by atoms with Crippen molar-refractivity contribution in [3.05, 3.63) is 0 Å². The molecule has 12 heavy (non-hydrogen) atoms. The standard InChI is InChI=1S/C5H14NO.H2O4Se/c1-6(2,3)4-5-7;1-5(2,3)4/h7H,4-5H2,1-3H3;(H2,1,2,3,4)/q+1;/p-1. The summed E-state index contributed by atoms with van der Waals surface area (Å²) in [6.07, 6.45) is 0. The fourth-order valence-corrected chi connectivity index (χ4v) is 0.300. The minimum atomic E-state index is -5.50. The first-order chi connectivity index (χ1) is 5.06. The van der Waals surface area contributed by atoms with Crippen molar-refractivity contribution in [3.63, 3.8) is 0 Å². The Kier molecular flexibility index (Phi) is 6.73. The molecule has 7 heteroatoms. The van der Waals surface area contributed by atoms with Crippen LogP contribution in [0.1, 0.15) is 0 Å². The van der Waals surface area contributed by atoms with E-state index >= 15 is 0 Å². The van der Waals surface area contributed by atoms with Gasteiger partial charge in [0.25, 0.3) is 0 Å². The first-order valence-electron chi connectivity index (χ1n) is 3.16. The van der Waals surface area contributed by atoms with Crippen LogP contribution in [0.2, 0.25) is 0 Å². The van der Waals surface area contributed by atoms with Gasteiger partial charge in [-0.1, -0.05) is 0 Å². The van der Waals surface area contributed by atoms with E-state index < -0.39 is 13.4 Å². The summed E-state index contributed by atoms with van der Waals surface area (Å²) in [5, 5.41) is 8.39. The minimum absolute atomic E-state index is 0.281. The van der Waals surface area contributed by atoms with Gasteiger partial charge < -0.3 is 9.59 Å². The van der Waals surface area contributed by atoms with Crippen molar-refractivity contribution < 1.29 is 25.6 Å². The molecule has 0 unspecified atom stereocenters. The summed E-state index contributed by atoms with van der Waals surface area (Å²) in [5.74, 6) is 0. The molecule has 0 aliphatic heterocycles. The molecule has 0 aliphatic rings. The van der Waals surface area contributed by atoms with Crippen LogP contribution in [-0.4, -0.2) is 61.4 Å². The van der Waals surface area contributed by atoms with Crippen LogP contribution in [-0.2, 0) is 7.67 Å². The summed E-state index contributed by atoms with van der Waals surface area (Å²) in [6.45, 7) is 1.11. The fourth-order valence-electron chi connectivity index (χ4n) is 0.300.